The Hall–Kier alpha value is -4.44. The Labute approximate surface area is 339 Å². The molecule has 304 valence electrons. The maximum atomic E-state index is 12.9. The molecule has 11 nitrogen and oxygen atoms in total. The number of fused-ring (bicyclic) bond motifs is 2. The molecular formula is C45H61N7O4Si. The molecule has 12 heteroatoms. The molecule has 2 unspecified atom stereocenters. The maximum absolute atomic E-state index is 12.9. The highest BCUT2D eigenvalue weighted by atomic mass is 28.3. The Balaban J connectivity index is 1.26. The van der Waals surface area contributed by atoms with E-state index in [-0.39, 0.29) is 6.09 Å². The van der Waals surface area contributed by atoms with E-state index in [0.29, 0.717) is 63.3 Å². The molecule has 7 rings (SSSR count). The Kier molecular flexibility index (Phi) is 11.7. The molecule has 2 aromatic heterocycles. The van der Waals surface area contributed by atoms with Crippen LogP contribution in [0.5, 0.6) is 5.75 Å². The van der Waals surface area contributed by atoms with Gasteiger partial charge >= 0.3 is 6.09 Å². The zero-order valence-electron chi connectivity index (χ0n) is 35.4. The molecule has 2 atom stereocenters. The molecule has 1 aliphatic carbocycles. The number of hydrogen-bond acceptors (Lipinski definition) is 9. The van der Waals surface area contributed by atoms with Gasteiger partial charge in [-0.3, -0.25) is 4.98 Å². The van der Waals surface area contributed by atoms with Gasteiger partial charge in [-0.05, 0) is 132 Å². The van der Waals surface area contributed by atoms with Crippen LogP contribution in [0.4, 0.5) is 10.5 Å². The number of hydrogen-bond donors (Lipinski definition) is 0. The van der Waals surface area contributed by atoms with E-state index in [1.54, 1.807) is 4.90 Å². The summed E-state index contributed by atoms with van der Waals surface area (Å²) in [5.74, 6) is 0.662. The van der Waals surface area contributed by atoms with Crippen LogP contribution in [0, 0.1) is 18.3 Å². The first-order valence-corrected chi connectivity index (χ1v) is 24.5. The Morgan fingerprint density at radius 1 is 1.05 bits per heavy atom. The number of ether oxygens (including phenoxy) is 3. The number of nitrogens with zero attached hydrogens (tertiary/aromatic N) is 7. The fraction of sp³-hybridized carbons (Fsp3) is 0.556. The van der Waals surface area contributed by atoms with Crippen molar-refractivity contribution in [3.05, 3.63) is 82.3 Å². The van der Waals surface area contributed by atoms with Gasteiger partial charge in [0.2, 0.25) is 0 Å². The van der Waals surface area contributed by atoms with Crippen molar-refractivity contribution in [2.75, 3.05) is 57.9 Å². The van der Waals surface area contributed by atoms with Gasteiger partial charge in [0, 0.05) is 69.6 Å². The van der Waals surface area contributed by atoms with Gasteiger partial charge in [-0.1, -0.05) is 25.7 Å². The van der Waals surface area contributed by atoms with E-state index in [0.717, 1.165) is 60.7 Å². The SMILES string of the molecule is Cc1ccc2c(cnn2COCC[Si](C)(C)C)c1C1(c2cc(N3CCN(C(=O)OC(C)(C)C)CC3)ccn2)CCc2cc(C#N)c(OCC3CCCN3C)cc2C1. The van der Waals surface area contributed by atoms with Crippen LogP contribution in [0.25, 0.3) is 10.9 Å². The van der Waals surface area contributed by atoms with E-state index in [4.69, 9.17) is 24.3 Å². The maximum Gasteiger partial charge on any atom is 0.410 e. The van der Waals surface area contributed by atoms with Crippen LogP contribution in [-0.2, 0) is 34.5 Å². The molecular weight excluding hydrogens is 731 g/mol. The van der Waals surface area contributed by atoms with Gasteiger partial charge in [0.05, 0.1) is 23.0 Å². The zero-order chi connectivity index (χ0) is 40.5. The van der Waals surface area contributed by atoms with Crippen LogP contribution in [0.15, 0.2) is 48.8 Å². The molecule has 2 aliphatic heterocycles. The van der Waals surface area contributed by atoms with Gasteiger partial charge in [0.25, 0.3) is 0 Å². The van der Waals surface area contributed by atoms with Crippen LogP contribution in [0.2, 0.25) is 25.7 Å². The van der Waals surface area contributed by atoms with Crippen molar-refractivity contribution in [1.82, 2.24) is 24.6 Å². The molecule has 2 aromatic carbocycles. The summed E-state index contributed by atoms with van der Waals surface area (Å²) in [6, 6.07) is 16.8. The van der Waals surface area contributed by atoms with Crippen molar-refractivity contribution in [2.24, 2.45) is 0 Å². The van der Waals surface area contributed by atoms with E-state index in [1.165, 1.54) is 28.7 Å². The molecule has 0 spiro atoms. The average Bonchev–Trinajstić information content (AvgIpc) is 3.79. The third-order valence-electron chi connectivity index (χ3n) is 12.1. The van der Waals surface area contributed by atoms with E-state index in [9.17, 15) is 10.1 Å². The minimum atomic E-state index is -1.23. The molecule has 4 heterocycles. The molecule has 0 saturated carbocycles. The van der Waals surface area contributed by atoms with Gasteiger partial charge in [0.15, 0.2) is 0 Å². The number of amides is 1. The normalized spacial score (nSPS) is 20.4. The number of pyridine rings is 1. The second-order valence-corrected chi connectivity index (χ2v) is 24.2. The monoisotopic (exact) mass is 791 g/mol. The Morgan fingerprint density at radius 3 is 2.54 bits per heavy atom. The predicted octanol–water partition coefficient (Wildman–Crippen LogP) is 7.93. The van der Waals surface area contributed by atoms with E-state index in [2.05, 4.69) is 85.9 Å². The number of benzene rings is 2. The molecule has 3 aliphatic rings. The fourth-order valence-corrected chi connectivity index (χ4v) is 9.61. The van der Waals surface area contributed by atoms with E-state index < -0.39 is 19.1 Å². The summed E-state index contributed by atoms with van der Waals surface area (Å²) in [6.45, 7) is 20.4. The van der Waals surface area contributed by atoms with E-state index >= 15 is 0 Å². The van der Waals surface area contributed by atoms with Gasteiger partial charge < -0.3 is 28.9 Å². The van der Waals surface area contributed by atoms with Crippen molar-refractivity contribution >= 4 is 30.8 Å². The predicted molar refractivity (Wildman–Crippen MR) is 228 cm³/mol. The number of rotatable bonds is 11. The number of likely N-dealkylation sites (N-methyl/N-ethyl adjacent to an activating group) is 1. The van der Waals surface area contributed by atoms with Crippen LogP contribution < -0.4 is 9.64 Å². The number of aryl methyl sites for hydroxylation is 2. The van der Waals surface area contributed by atoms with Crippen molar-refractivity contribution in [2.45, 2.75) is 109 Å². The van der Waals surface area contributed by atoms with Crippen molar-refractivity contribution in [1.29, 1.82) is 5.26 Å². The van der Waals surface area contributed by atoms with Crippen molar-refractivity contribution < 1.29 is 19.0 Å². The molecule has 4 aromatic rings. The number of carbonyl (C=O) groups is 1. The van der Waals surface area contributed by atoms with Crippen LogP contribution in [0.1, 0.15) is 73.5 Å². The van der Waals surface area contributed by atoms with Gasteiger partial charge in [-0.15, -0.1) is 0 Å². The van der Waals surface area contributed by atoms with Crippen molar-refractivity contribution in [3.8, 4) is 11.8 Å². The highest BCUT2D eigenvalue weighted by Crippen LogP contribution is 2.48. The molecule has 0 bridgehead atoms. The first-order valence-electron chi connectivity index (χ1n) is 20.8. The third kappa shape index (κ3) is 9.01. The summed E-state index contributed by atoms with van der Waals surface area (Å²) < 4.78 is 20.4. The third-order valence-corrected chi connectivity index (χ3v) is 13.8. The summed E-state index contributed by atoms with van der Waals surface area (Å²) in [4.78, 5) is 24.6. The molecule has 2 fully saturated rings. The lowest BCUT2D eigenvalue weighted by Crippen LogP contribution is -2.50. The minimum Gasteiger partial charge on any atom is -0.491 e. The topological polar surface area (TPSA) is 109 Å². The lowest BCUT2D eigenvalue weighted by Gasteiger charge is -2.41. The smallest absolute Gasteiger partial charge is 0.410 e. The first-order chi connectivity index (χ1) is 27.1. The summed E-state index contributed by atoms with van der Waals surface area (Å²) in [7, 11) is 0.927. The molecule has 57 heavy (non-hydrogen) atoms. The van der Waals surface area contributed by atoms with Crippen LogP contribution in [0.3, 0.4) is 0 Å². The van der Waals surface area contributed by atoms with Gasteiger partial charge in [-0.2, -0.15) is 10.4 Å². The average molecular weight is 792 g/mol. The quantitative estimate of drug-likeness (QED) is 0.111. The fourth-order valence-electron chi connectivity index (χ4n) is 8.85. The molecule has 2 saturated heterocycles. The molecule has 1 amide bonds. The Bertz CT molecular complexity index is 2120. The number of carbonyl (C=O) groups excluding carboxylic acids is 1. The first kappa shape index (κ1) is 40.7. The number of anilines is 1. The number of aromatic nitrogens is 3. The largest absolute Gasteiger partial charge is 0.491 e. The lowest BCUT2D eigenvalue weighted by molar-refractivity contribution is 0.0240. The minimum absolute atomic E-state index is 0.263. The van der Waals surface area contributed by atoms with Gasteiger partial charge in [0.1, 0.15) is 30.8 Å². The second kappa shape index (κ2) is 16.4. The van der Waals surface area contributed by atoms with Gasteiger partial charge in [-0.25, -0.2) is 9.48 Å². The Morgan fingerprint density at radius 2 is 1.84 bits per heavy atom. The summed E-state index contributed by atoms with van der Waals surface area (Å²) in [5.41, 5.74) is 7.53. The highest BCUT2D eigenvalue weighted by molar-refractivity contribution is 6.76. The number of nitriles is 1. The second-order valence-electron chi connectivity index (χ2n) is 18.6. The molecule has 0 radical (unpaired) electrons. The highest BCUT2D eigenvalue weighted by Gasteiger charge is 2.42. The van der Waals surface area contributed by atoms with Crippen LogP contribution in [-0.4, -0.2) is 103 Å². The number of likely N-dealkylation sites (tertiary alicyclic amines) is 1. The lowest BCUT2D eigenvalue weighted by atomic mass is 9.63. The number of piperazine rings is 1. The summed E-state index contributed by atoms with van der Waals surface area (Å²) >= 11 is 0. The molecule has 0 N–H and O–H groups in total. The summed E-state index contributed by atoms with van der Waals surface area (Å²) in [5, 5.41) is 16.3. The van der Waals surface area contributed by atoms with Crippen molar-refractivity contribution in [3.63, 3.8) is 0 Å². The van der Waals surface area contributed by atoms with E-state index in [1.807, 2.05) is 37.8 Å². The summed E-state index contributed by atoms with van der Waals surface area (Å²) in [6.07, 6.45) is 8.28. The zero-order valence-corrected chi connectivity index (χ0v) is 36.4. The standard InChI is InChI=1S/C45H61N7O4Si/c1-32-11-12-39-38(29-48-52(39)31-54-22-23-57(6,7)8)42(32)45(41-26-36(14-16-47-41)50-18-20-51(21-19-50)43(53)56-44(2,3)4)15-13-33-24-35(28-46)40(25-34(33)27-45)55-30-37-10-9-17-49(37)5/h11-12,14,16,24-26,29,37H,9-10,13,15,17-23,27,30-31H2,1-8H3. The van der Waals surface area contributed by atoms with Crippen LogP contribution >= 0.6 is 0 Å².